The molecule has 0 unspecified atom stereocenters. The van der Waals surface area contributed by atoms with Crippen LogP contribution in [0.25, 0.3) is 0 Å². The van der Waals surface area contributed by atoms with Gasteiger partial charge in [0.15, 0.2) is 0 Å². The van der Waals surface area contributed by atoms with Crippen molar-refractivity contribution in [2.75, 3.05) is 0 Å². The van der Waals surface area contributed by atoms with Crippen LogP contribution in [0.15, 0.2) is 91.0 Å². The number of benzene rings is 3. The zero-order valence-electron chi connectivity index (χ0n) is 16.5. The summed E-state index contributed by atoms with van der Waals surface area (Å²) >= 11 is 0. The van der Waals surface area contributed by atoms with E-state index < -0.39 is 17.4 Å². The maximum absolute atomic E-state index is 13.1. The molecule has 2 N–H and O–H groups in total. The molecule has 0 bridgehead atoms. The van der Waals surface area contributed by atoms with Crippen molar-refractivity contribution < 1.29 is 14.7 Å². The van der Waals surface area contributed by atoms with Gasteiger partial charge in [0.2, 0.25) is 5.91 Å². The summed E-state index contributed by atoms with van der Waals surface area (Å²) < 4.78 is 0. The Morgan fingerprint density at radius 3 is 1.57 bits per heavy atom. The SMILES string of the molecule is C#CC[C@H](NC(=O)CC(c1ccccc1)(c1ccccc1)c1ccccc1)C(=O)O. The Morgan fingerprint density at radius 2 is 1.23 bits per heavy atom. The largest absolute Gasteiger partial charge is 0.480 e. The first-order valence-corrected chi connectivity index (χ1v) is 9.70. The van der Waals surface area contributed by atoms with Crippen molar-refractivity contribution in [1.29, 1.82) is 0 Å². The Balaban J connectivity index is 2.13. The first-order chi connectivity index (χ1) is 14.6. The molecule has 3 aromatic carbocycles. The lowest BCUT2D eigenvalue weighted by Gasteiger charge is -2.35. The highest BCUT2D eigenvalue weighted by Gasteiger charge is 2.39. The fourth-order valence-corrected chi connectivity index (χ4v) is 3.78. The minimum Gasteiger partial charge on any atom is -0.480 e. The molecule has 150 valence electrons. The number of hydrogen-bond acceptors (Lipinski definition) is 2. The van der Waals surface area contributed by atoms with Gasteiger partial charge in [0.25, 0.3) is 0 Å². The van der Waals surface area contributed by atoms with Crippen LogP contribution in [0.3, 0.4) is 0 Å². The second kappa shape index (κ2) is 9.58. The van der Waals surface area contributed by atoms with Crippen molar-refractivity contribution in [3.8, 4) is 12.3 Å². The zero-order valence-corrected chi connectivity index (χ0v) is 16.5. The molecule has 0 spiro atoms. The zero-order chi connectivity index (χ0) is 21.4. The average molecular weight is 397 g/mol. The van der Waals surface area contributed by atoms with E-state index in [0.29, 0.717) is 0 Å². The predicted molar refractivity (Wildman–Crippen MR) is 117 cm³/mol. The maximum atomic E-state index is 13.1. The highest BCUT2D eigenvalue weighted by molar-refractivity contribution is 5.85. The summed E-state index contributed by atoms with van der Waals surface area (Å²) in [5.41, 5.74) is 2.05. The third-order valence-electron chi connectivity index (χ3n) is 5.18. The van der Waals surface area contributed by atoms with Gasteiger partial charge in [-0.05, 0) is 16.7 Å². The van der Waals surface area contributed by atoms with Gasteiger partial charge in [-0.25, -0.2) is 4.79 Å². The van der Waals surface area contributed by atoms with Gasteiger partial charge in [0, 0.05) is 12.8 Å². The molecular formula is C26H23NO3. The van der Waals surface area contributed by atoms with E-state index in [1.807, 2.05) is 91.0 Å². The number of rotatable bonds is 8. The smallest absolute Gasteiger partial charge is 0.327 e. The van der Waals surface area contributed by atoms with Gasteiger partial charge in [-0.3, -0.25) is 4.79 Å². The molecular weight excluding hydrogens is 374 g/mol. The van der Waals surface area contributed by atoms with Gasteiger partial charge in [0.1, 0.15) is 6.04 Å². The third kappa shape index (κ3) is 4.42. The van der Waals surface area contributed by atoms with Crippen molar-refractivity contribution >= 4 is 11.9 Å². The Hall–Kier alpha value is -3.84. The Morgan fingerprint density at radius 1 is 0.833 bits per heavy atom. The molecule has 0 fully saturated rings. The number of aliphatic carboxylic acids is 1. The van der Waals surface area contributed by atoms with E-state index in [0.717, 1.165) is 16.7 Å². The average Bonchev–Trinajstić information content (AvgIpc) is 2.79. The number of carboxylic acid groups (broad SMARTS) is 1. The quantitative estimate of drug-likeness (QED) is 0.446. The molecule has 0 heterocycles. The van der Waals surface area contributed by atoms with E-state index in [-0.39, 0.29) is 18.7 Å². The van der Waals surface area contributed by atoms with E-state index in [9.17, 15) is 14.7 Å². The summed E-state index contributed by atoms with van der Waals surface area (Å²) in [6, 6.07) is 28.2. The molecule has 3 rings (SSSR count). The molecule has 0 aromatic heterocycles. The predicted octanol–water partition coefficient (Wildman–Crippen LogP) is 4.00. The Kier molecular flexibility index (Phi) is 6.67. The van der Waals surface area contributed by atoms with Crippen LogP contribution < -0.4 is 5.32 Å². The number of hydrogen-bond donors (Lipinski definition) is 2. The van der Waals surface area contributed by atoms with Crippen LogP contribution in [0.1, 0.15) is 29.5 Å². The summed E-state index contributed by atoms with van der Waals surface area (Å²) in [6.45, 7) is 0. The molecule has 1 amide bonds. The first-order valence-electron chi connectivity index (χ1n) is 9.70. The van der Waals surface area contributed by atoms with E-state index in [4.69, 9.17) is 6.42 Å². The topological polar surface area (TPSA) is 66.4 Å². The van der Waals surface area contributed by atoms with E-state index in [1.165, 1.54) is 0 Å². The van der Waals surface area contributed by atoms with Gasteiger partial charge in [0.05, 0.1) is 5.41 Å². The van der Waals surface area contributed by atoms with Gasteiger partial charge < -0.3 is 10.4 Å². The van der Waals surface area contributed by atoms with Crippen LogP contribution >= 0.6 is 0 Å². The number of carbonyl (C=O) groups excluding carboxylic acids is 1. The first kappa shape index (κ1) is 20.9. The van der Waals surface area contributed by atoms with Crippen LogP contribution in [0.2, 0.25) is 0 Å². The number of nitrogens with one attached hydrogen (secondary N) is 1. The molecule has 4 nitrogen and oxygen atoms in total. The lowest BCUT2D eigenvalue weighted by Crippen LogP contribution is -2.44. The van der Waals surface area contributed by atoms with E-state index in [1.54, 1.807) is 0 Å². The Labute approximate surface area is 176 Å². The van der Waals surface area contributed by atoms with Crippen molar-refractivity contribution in [2.24, 2.45) is 0 Å². The standard InChI is InChI=1S/C26H23NO3/c1-2-12-23(25(29)30)27-24(28)19-26(20-13-6-3-7-14-20,21-15-8-4-9-16-21)22-17-10-5-11-18-22/h1,3-11,13-18,23H,12,19H2,(H,27,28)(H,29,30)/t23-/m0/s1. The highest BCUT2D eigenvalue weighted by Crippen LogP contribution is 2.42. The van der Waals surface area contributed by atoms with Crippen LogP contribution in [-0.2, 0) is 15.0 Å². The second-order valence-electron chi connectivity index (χ2n) is 7.05. The number of amides is 1. The van der Waals surface area contributed by atoms with Gasteiger partial charge in [-0.2, -0.15) is 0 Å². The van der Waals surface area contributed by atoms with Crippen LogP contribution in [0.4, 0.5) is 0 Å². The van der Waals surface area contributed by atoms with Crippen molar-refractivity contribution in [3.05, 3.63) is 108 Å². The van der Waals surface area contributed by atoms with E-state index in [2.05, 4.69) is 11.2 Å². The molecule has 30 heavy (non-hydrogen) atoms. The lowest BCUT2D eigenvalue weighted by atomic mass is 9.67. The second-order valence-corrected chi connectivity index (χ2v) is 7.05. The lowest BCUT2D eigenvalue weighted by molar-refractivity contribution is -0.141. The molecule has 0 aliphatic heterocycles. The van der Waals surface area contributed by atoms with Crippen LogP contribution in [0.5, 0.6) is 0 Å². The van der Waals surface area contributed by atoms with Crippen molar-refractivity contribution in [1.82, 2.24) is 5.32 Å². The third-order valence-corrected chi connectivity index (χ3v) is 5.18. The maximum Gasteiger partial charge on any atom is 0.327 e. The number of carboxylic acids is 1. The number of carbonyl (C=O) groups is 2. The molecule has 0 aliphatic rings. The fraction of sp³-hybridized carbons (Fsp3) is 0.154. The molecule has 0 aliphatic carbocycles. The molecule has 0 radical (unpaired) electrons. The highest BCUT2D eigenvalue weighted by atomic mass is 16.4. The number of terminal acetylenes is 1. The molecule has 4 heteroatoms. The Bertz CT molecular complexity index is 927. The van der Waals surface area contributed by atoms with Gasteiger partial charge >= 0.3 is 5.97 Å². The van der Waals surface area contributed by atoms with Gasteiger partial charge in [-0.1, -0.05) is 91.0 Å². The van der Waals surface area contributed by atoms with Crippen molar-refractivity contribution in [2.45, 2.75) is 24.3 Å². The molecule has 0 saturated heterocycles. The summed E-state index contributed by atoms with van der Waals surface area (Å²) in [7, 11) is 0. The molecule has 3 aromatic rings. The minimum atomic E-state index is -1.15. The summed E-state index contributed by atoms with van der Waals surface area (Å²) in [5, 5.41) is 12.0. The van der Waals surface area contributed by atoms with Crippen LogP contribution in [0, 0.1) is 12.3 Å². The summed E-state index contributed by atoms with van der Waals surface area (Å²) in [6.07, 6.45) is 5.25. The van der Waals surface area contributed by atoms with Gasteiger partial charge in [-0.15, -0.1) is 12.3 Å². The summed E-state index contributed by atoms with van der Waals surface area (Å²) in [5.74, 6) is 0.789. The minimum absolute atomic E-state index is 0.0411. The molecule has 1 atom stereocenters. The normalized spacial score (nSPS) is 11.8. The van der Waals surface area contributed by atoms with E-state index >= 15 is 0 Å². The summed E-state index contributed by atoms with van der Waals surface area (Å²) in [4.78, 5) is 24.6. The van der Waals surface area contributed by atoms with Crippen molar-refractivity contribution in [3.63, 3.8) is 0 Å². The molecule has 0 saturated carbocycles. The fourth-order valence-electron chi connectivity index (χ4n) is 3.78. The van der Waals surface area contributed by atoms with Crippen LogP contribution in [-0.4, -0.2) is 23.0 Å². The monoisotopic (exact) mass is 397 g/mol.